The smallest absolute Gasteiger partial charge is 0.463 e. The SMILES string of the molecule is CC(CSCCOCCOCCSCCCOc1nc(OCCCSCCOCCOCCS)nc(OCCCSCCOCCOCCSCC(C)C(=O)OCCOP(=O)(O)O)n1)C(=O)OCCOP(=O)(O)O. The molecule has 0 fully saturated rings. The van der Waals surface area contributed by atoms with Gasteiger partial charge in [-0.2, -0.15) is 71.4 Å². The molecular weight excluding hydrogens is 1140 g/mol. The Balaban J connectivity index is 2.25. The highest BCUT2D eigenvalue weighted by Crippen LogP contribution is 2.36. The van der Waals surface area contributed by atoms with Crippen LogP contribution in [-0.4, -0.2) is 235 Å². The summed E-state index contributed by atoms with van der Waals surface area (Å²) >= 11 is 12.5. The van der Waals surface area contributed by atoms with Crippen molar-refractivity contribution in [3.8, 4) is 18.0 Å². The lowest BCUT2D eigenvalue weighted by Crippen LogP contribution is -2.19. The molecule has 24 nitrogen and oxygen atoms in total. The maximum absolute atomic E-state index is 12.0. The first-order valence-electron chi connectivity index (χ1n) is 24.0. The Hall–Kier alpha value is -0.570. The molecule has 2 atom stereocenters. The zero-order chi connectivity index (χ0) is 54.2. The van der Waals surface area contributed by atoms with Crippen LogP contribution in [-0.2, 0) is 65.7 Å². The maximum Gasteiger partial charge on any atom is 0.469 e. The predicted octanol–water partition coefficient (Wildman–Crippen LogP) is 4.45. The van der Waals surface area contributed by atoms with Crippen LogP contribution < -0.4 is 14.2 Å². The minimum atomic E-state index is -4.58. The van der Waals surface area contributed by atoms with Gasteiger partial charge in [0.2, 0.25) is 0 Å². The monoisotopic (exact) mass is 1220 g/mol. The van der Waals surface area contributed by atoms with E-state index in [1.165, 1.54) is 0 Å². The molecule has 0 spiro atoms. The lowest BCUT2D eigenvalue weighted by atomic mass is 10.2. The number of thioether (sulfide) groups is 5. The molecule has 4 N–H and O–H groups in total. The second kappa shape index (κ2) is 49.5. The molecule has 0 aliphatic heterocycles. The summed E-state index contributed by atoms with van der Waals surface area (Å²) in [5.74, 6) is 6.55. The molecule has 1 aromatic rings. The van der Waals surface area contributed by atoms with Gasteiger partial charge in [-0.25, -0.2) is 9.13 Å². The van der Waals surface area contributed by atoms with Crippen LogP contribution in [0.5, 0.6) is 18.0 Å². The van der Waals surface area contributed by atoms with E-state index in [0.717, 1.165) is 53.8 Å². The Kier molecular flexibility index (Phi) is 47.8. The highest BCUT2D eigenvalue weighted by molar-refractivity contribution is 8.00. The average molecular weight is 1220 g/mol. The topological polar surface area (TPSA) is 308 Å². The molecule has 0 radical (unpaired) electrons. The van der Waals surface area contributed by atoms with Gasteiger partial charge >= 0.3 is 45.6 Å². The number of ether oxygens (including phenoxy) is 11. The number of aromatic nitrogens is 3. The Labute approximate surface area is 462 Å². The number of hydrogen-bond acceptors (Lipinski definition) is 26. The van der Waals surface area contributed by atoms with E-state index in [4.69, 9.17) is 71.7 Å². The Morgan fingerprint density at radius 1 is 0.432 bits per heavy atom. The standard InChI is InChI=1S/C42H79N3O21P2S6/c1-36(38(46)60-15-17-65-67(48,49)50)34-73-32-23-58-13-11-56-21-30-71-27-4-7-63-41-43-40(62-6-3-26-70-29-20-55-10-9-54-19-25-69)44-42(45-41)64-8-5-28-72-31-22-57-12-14-59-24-33-74-35-37(2)39(47)61-16-18-66-68(51,52)53/h36-37,69H,3-35H2,1-2H3,(H2,48,49,50)(H2,51,52,53). The number of hydrogen-bond donors (Lipinski definition) is 5. The molecule has 0 amide bonds. The fourth-order valence-electron chi connectivity index (χ4n) is 4.95. The molecule has 0 aliphatic carbocycles. The highest BCUT2D eigenvalue weighted by atomic mass is 32.2. The summed E-state index contributed by atoms with van der Waals surface area (Å²) in [6.07, 6.45) is 2.31. The van der Waals surface area contributed by atoms with Gasteiger partial charge in [-0.15, -0.1) is 15.0 Å². The van der Waals surface area contributed by atoms with Crippen molar-refractivity contribution in [3.05, 3.63) is 0 Å². The minimum absolute atomic E-state index is 0.136. The second-order valence-electron chi connectivity index (χ2n) is 15.0. The first-order chi connectivity index (χ1) is 35.7. The number of esters is 2. The molecule has 0 saturated carbocycles. The normalized spacial score (nSPS) is 12.7. The summed E-state index contributed by atoms with van der Waals surface area (Å²) in [5.41, 5.74) is 0. The number of carbonyl (C=O) groups excluding carboxylic acids is 2. The number of phosphoric acid groups is 2. The molecule has 1 aromatic heterocycles. The van der Waals surface area contributed by atoms with Gasteiger partial charge in [0.15, 0.2) is 0 Å². The predicted molar refractivity (Wildman–Crippen MR) is 292 cm³/mol. The van der Waals surface area contributed by atoms with Gasteiger partial charge in [0.1, 0.15) is 13.2 Å². The molecule has 1 heterocycles. The van der Waals surface area contributed by atoms with Crippen LogP contribution in [0.15, 0.2) is 0 Å². The molecule has 2 unspecified atom stereocenters. The quantitative estimate of drug-likeness (QED) is 0.0260. The van der Waals surface area contributed by atoms with Crippen LogP contribution in [0, 0.1) is 11.8 Å². The first kappa shape index (κ1) is 71.4. The molecule has 74 heavy (non-hydrogen) atoms. The largest absolute Gasteiger partial charge is 0.469 e. The van der Waals surface area contributed by atoms with Crippen LogP contribution in [0.25, 0.3) is 0 Å². The number of thiol groups is 1. The molecule has 0 aliphatic rings. The first-order valence-corrected chi connectivity index (χ1v) is 33.5. The van der Waals surface area contributed by atoms with E-state index < -0.39 is 27.6 Å². The Bertz CT molecular complexity index is 1530. The van der Waals surface area contributed by atoms with Gasteiger partial charge < -0.3 is 71.7 Å². The molecule has 32 heteroatoms. The number of nitrogens with zero attached hydrogens (tertiary/aromatic N) is 3. The van der Waals surface area contributed by atoms with Crippen molar-refractivity contribution in [2.24, 2.45) is 11.8 Å². The summed E-state index contributed by atoms with van der Waals surface area (Å²) in [4.78, 5) is 71.6. The van der Waals surface area contributed by atoms with Crippen molar-refractivity contribution in [1.82, 2.24) is 15.0 Å². The third-order valence-corrected chi connectivity index (χ3v) is 15.2. The van der Waals surface area contributed by atoms with Crippen molar-refractivity contribution in [3.63, 3.8) is 0 Å². The second-order valence-corrected chi connectivity index (χ2v) is 23.9. The van der Waals surface area contributed by atoms with E-state index in [0.29, 0.717) is 128 Å². The fraction of sp³-hybridized carbons (Fsp3) is 0.881. The van der Waals surface area contributed by atoms with Crippen molar-refractivity contribution in [1.29, 1.82) is 0 Å². The molecule has 0 aromatic carbocycles. The lowest BCUT2D eigenvalue weighted by molar-refractivity contribution is -0.148. The molecule has 0 bridgehead atoms. The van der Waals surface area contributed by atoms with E-state index in [1.807, 2.05) is 0 Å². The van der Waals surface area contributed by atoms with Gasteiger partial charge in [-0.1, -0.05) is 13.8 Å². The number of carbonyl (C=O) groups is 2. The summed E-state index contributed by atoms with van der Waals surface area (Å²) in [6, 6.07) is 0.415. The summed E-state index contributed by atoms with van der Waals surface area (Å²) in [6.45, 7) is 9.89. The molecule has 434 valence electrons. The van der Waals surface area contributed by atoms with Crippen LogP contribution in [0.1, 0.15) is 33.1 Å². The summed E-state index contributed by atoms with van der Waals surface area (Å²) in [7, 11) is -9.16. The highest BCUT2D eigenvalue weighted by Gasteiger charge is 2.19. The van der Waals surface area contributed by atoms with E-state index in [1.54, 1.807) is 72.7 Å². The third-order valence-electron chi connectivity index (χ3n) is 8.49. The fourth-order valence-corrected chi connectivity index (χ4v) is 9.77. The van der Waals surface area contributed by atoms with Crippen molar-refractivity contribution in [2.75, 3.05) is 189 Å². The van der Waals surface area contributed by atoms with Gasteiger partial charge in [0, 0.05) is 46.0 Å². The van der Waals surface area contributed by atoms with Crippen molar-refractivity contribution in [2.45, 2.75) is 33.1 Å². The Morgan fingerprint density at radius 2 is 0.730 bits per heavy atom. The number of phosphoric ester groups is 2. The van der Waals surface area contributed by atoms with Gasteiger partial charge in [-0.05, 0) is 36.5 Å². The maximum atomic E-state index is 12.0. The average Bonchev–Trinajstić information content (AvgIpc) is 3.35. The molecule has 0 saturated heterocycles. The molecule has 1 rings (SSSR count). The van der Waals surface area contributed by atoms with E-state index in [2.05, 4.69) is 36.6 Å². The van der Waals surface area contributed by atoms with Crippen molar-refractivity contribution >= 4 is 99.0 Å². The third kappa shape index (κ3) is 48.5. The minimum Gasteiger partial charge on any atom is -0.463 e. The Morgan fingerprint density at radius 3 is 1.03 bits per heavy atom. The van der Waals surface area contributed by atoms with Gasteiger partial charge in [0.25, 0.3) is 0 Å². The van der Waals surface area contributed by atoms with Crippen LogP contribution in [0.4, 0.5) is 0 Å². The van der Waals surface area contributed by atoms with Crippen LogP contribution in [0.2, 0.25) is 0 Å². The van der Waals surface area contributed by atoms with Crippen LogP contribution >= 0.6 is 87.1 Å². The van der Waals surface area contributed by atoms with E-state index in [-0.39, 0.29) is 56.3 Å². The summed E-state index contributed by atoms with van der Waals surface area (Å²) < 4.78 is 90.9. The van der Waals surface area contributed by atoms with Gasteiger partial charge in [0.05, 0.1) is 124 Å². The van der Waals surface area contributed by atoms with E-state index >= 15 is 0 Å². The number of rotatable bonds is 55. The van der Waals surface area contributed by atoms with Gasteiger partial charge in [-0.3, -0.25) is 18.6 Å². The van der Waals surface area contributed by atoms with Crippen molar-refractivity contribution < 1.29 is 99.4 Å². The lowest BCUT2D eigenvalue weighted by Gasteiger charge is -2.12. The zero-order valence-corrected chi connectivity index (χ0v) is 49.2. The zero-order valence-electron chi connectivity index (χ0n) is 42.4. The molecular formula is C42H79N3O21P2S6. The van der Waals surface area contributed by atoms with Crippen LogP contribution in [0.3, 0.4) is 0 Å². The summed E-state index contributed by atoms with van der Waals surface area (Å²) in [5, 5.41) is 0. The van der Waals surface area contributed by atoms with E-state index in [9.17, 15) is 18.7 Å².